The van der Waals surface area contributed by atoms with Crippen molar-refractivity contribution in [3.63, 3.8) is 0 Å². The maximum atomic E-state index is 14.6. The summed E-state index contributed by atoms with van der Waals surface area (Å²) in [5.41, 5.74) is 5.47. The van der Waals surface area contributed by atoms with Gasteiger partial charge >= 0.3 is 6.03 Å². The number of urea groups is 1. The minimum Gasteiger partial charge on any atom is -0.384 e. The Bertz CT molecular complexity index is 1330. The van der Waals surface area contributed by atoms with Gasteiger partial charge in [0.1, 0.15) is 17.2 Å². The summed E-state index contributed by atoms with van der Waals surface area (Å²) < 4.78 is 56.1. The summed E-state index contributed by atoms with van der Waals surface area (Å²) in [6, 6.07) is 11.9. The molecular formula is C28H28F4N4O2. The molecule has 3 aromatic carbocycles. The lowest BCUT2D eigenvalue weighted by atomic mass is 9.66. The van der Waals surface area contributed by atoms with Gasteiger partial charge in [-0.05, 0) is 30.3 Å². The van der Waals surface area contributed by atoms with Crippen LogP contribution in [-0.2, 0) is 12.1 Å². The Morgan fingerprint density at radius 2 is 1.55 bits per heavy atom. The molecular weight excluding hydrogens is 500 g/mol. The molecule has 2 bridgehead atoms. The van der Waals surface area contributed by atoms with Crippen LogP contribution in [0.1, 0.15) is 11.1 Å². The number of halogens is 4. The second-order valence-corrected chi connectivity index (χ2v) is 10.1. The second kappa shape index (κ2) is 10.0. The zero-order valence-corrected chi connectivity index (χ0v) is 20.7. The molecule has 3 aromatic rings. The van der Waals surface area contributed by atoms with E-state index in [-0.39, 0.29) is 48.3 Å². The Morgan fingerprint density at radius 3 is 2.13 bits per heavy atom. The van der Waals surface area contributed by atoms with Crippen LogP contribution in [0, 0.1) is 35.1 Å². The average Bonchev–Trinajstić information content (AvgIpc) is 2.86. The van der Waals surface area contributed by atoms with Crippen LogP contribution in [0.2, 0.25) is 0 Å². The SMILES string of the molecule is CN1C[C@@H]2CN(C(=O)Nc3cc(F)cc(F)c3)C[C@H](C1)[C@@]2(O)c1ccc(-c2ccc(CN)c(F)c2F)cc1. The number of hydrogen-bond acceptors (Lipinski definition) is 4. The number of hydrogen-bond donors (Lipinski definition) is 3. The fourth-order valence-electron chi connectivity index (χ4n) is 5.79. The maximum Gasteiger partial charge on any atom is 0.321 e. The molecule has 2 aliphatic heterocycles. The fourth-order valence-corrected chi connectivity index (χ4v) is 5.79. The van der Waals surface area contributed by atoms with E-state index in [1.165, 1.54) is 12.1 Å². The summed E-state index contributed by atoms with van der Waals surface area (Å²) >= 11 is 0. The number of rotatable bonds is 4. The Morgan fingerprint density at radius 1 is 0.947 bits per heavy atom. The summed E-state index contributed by atoms with van der Waals surface area (Å²) in [6.45, 7) is 1.33. The van der Waals surface area contributed by atoms with E-state index in [4.69, 9.17) is 5.73 Å². The number of amides is 2. The minimum absolute atomic E-state index is 0.00867. The normalized spacial score (nSPS) is 23.4. The molecule has 4 N–H and O–H groups in total. The summed E-state index contributed by atoms with van der Waals surface area (Å²) in [4.78, 5) is 16.6. The summed E-state index contributed by atoms with van der Waals surface area (Å²) in [6.07, 6.45) is 0. The van der Waals surface area contributed by atoms with Gasteiger partial charge in [0.2, 0.25) is 0 Å². The smallest absolute Gasteiger partial charge is 0.321 e. The molecule has 10 heteroatoms. The van der Waals surface area contributed by atoms with Gasteiger partial charge in [-0.2, -0.15) is 0 Å². The molecule has 2 aliphatic rings. The molecule has 0 spiro atoms. The van der Waals surface area contributed by atoms with E-state index >= 15 is 0 Å². The monoisotopic (exact) mass is 528 g/mol. The molecule has 2 amide bonds. The van der Waals surface area contributed by atoms with Gasteiger partial charge < -0.3 is 26.0 Å². The lowest BCUT2D eigenvalue weighted by molar-refractivity contribution is -0.153. The highest BCUT2D eigenvalue weighted by Gasteiger charge is 2.53. The van der Waals surface area contributed by atoms with Crippen molar-refractivity contribution in [3.05, 3.63) is 89.0 Å². The van der Waals surface area contributed by atoms with Crippen LogP contribution in [0.25, 0.3) is 11.1 Å². The molecule has 38 heavy (non-hydrogen) atoms. The highest BCUT2D eigenvalue weighted by atomic mass is 19.2. The molecule has 0 radical (unpaired) electrons. The maximum absolute atomic E-state index is 14.6. The predicted octanol–water partition coefficient (Wildman–Crippen LogP) is 4.28. The van der Waals surface area contributed by atoms with Gasteiger partial charge in [0.05, 0.1) is 0 Å². The Balaban J connectivity index is 1.39. The molecule has 0 aliphatic carbocycles. The molecule has 2 fully saturated rings. The van der Waals surface area contributed by atoms with Crippen LogP contribution in [0.5, 0.6) is 0 Å². The number of likely N-dealkylation sites (tertiary alicyclic amines) is 2. The number of benzene rings is 3. The Hall–Kier alpha value is -3.47. The molecule has 0 unspecified atom stereocenters. The lowest BCUT2D eigenvalue weighted by Crippen LogP contribution is -2.65. The zero-order valence-electron chi connectivity index (χ0n) is 20.7. The van der Waals surface area contributed by atoms with Crippen LogP contribution < -0.4 is 11.1 Å². The van der Waals surface area contributed by atoms with Gasteiger partial charge in [-0.1, -0.05) is 36.4 Å². The molecule has 3 atom stereocenters. The highest BCUT2D eigenvalue weighted by molar-refractivity contribution is 5.89. The van der Waals surface area contributed by atoms with E-state index < -0.39 is 34.9 Å². The van der Waals surface area contributed by atoms with Gasteiger partial charge in [-0.3, -0.25) is 0 Å². The van der Waals surface area contributed by atoms with Crippen molar-refractivity contribution >= 4 is 11.7 Å². The summed E-state index contributed by atoms with van der Waals surface area (Å²) in [5.74, 6) is -4.27. The number of carbonyl (C=O) groups excluding carboxylic acids is 1. The molecule has 2 saturated heterocycles. The highest BCUT2D eigenvalue weighted by Crippen LogP contribution is 2.45. The number of nitrogens with one attached hydrogen (secondary N) is 1. The van der Waals surface area contributed by atoms with Crippen LogP contribution in [0.15, 0.2) is 54.6 Å². The number of nitrogens with zero attached hydrogens (tertiary/aromatic N) is 2. The van der Waals surface area contributed by atoms with E-state index in [1.807, 2.05) is 7.05 Å². The van der Waals surface area contributed by atoms with Crippen molar-refractivity contribution in [1.82, 2.24) is 9.80 Å². The molecule has 2 heterocycles. The minimum atomic E-state index is -1.26. The predicted molar refractivity (Wildman–Crippen MR) is 135 cm³/mol. The number of carbonyl (C=O) groups is 1. The van der Waals surface area contributed by atoms with Gasteiger partial charge in [0.15, 0.2) is 11.6 Å². The first-order valence-corrected chi connectivity index (χ1v) is 12.3. The van der Waals surface area contributed by atoms with Gasteiger partial charge in [0.25, 0.3) is 0 Å². The number of anilines is 1. The van der Waals surface area contributed by atoms with Crippen molar-refractivity contribution in [3.8, 4) is 11.1 Å². The number of nitrogens with two attached hydrogens (primary N) is 1. The van der Waals surface area contributed by atoms with Gasteiger partial charge in [0, 0.05) is 67.4 Å². The Kier molecular flexibility index (Phi) is 6.89. The zero-order chi connectivity index (χ0) is 27.2. The number of fused-ring (bicyclic) bond motifs is 2. The molecule has 5 rings (SSSR count). The summed E-state index contributed by atoms with van der Waals surface area (Å²) in [5, 5.41) is 14.5. The van der Waals surface area contributed by atoms with E-state index in [1.54, 1.807) is 29.2 Å². The fraction of sp³-hybridized carbons (Fsp3) is 0.321. The van der Waals surface area contributed by atoms with Crippen LogP contribution >= 0.6 is 0 Å². The summed E-state index contributed by atoms with van der Waals surface area (Å²) in [7, 11) is 1.94. The first kappa shape index (κ1) is 26.1. The molecule has 0 aromatic heterocycles. The quantitative estimate of drug-likeness (QED) is 0.442. The van der Waals surface area contributed by atoms with E-state index in [2.05, 4.69) is 10.2 Å². The number of aliphatic hydroxyl groups is 1. The second-order valence-electron chi connectivity index (χ2n) is 10.1. The largest absolute Gasteiger partial charge is 0.384 e. The van der Waals surface area contributed by atoms with E-state index in [0.29, 0.717) is 24.2 Å². The third kappa shape index (κ3) is 4.63. The van der Waals surface area contributed by atoms with E-state index in [9.17, 15) is 27.5 Å². The first-order chi connectivity index (χ1) is 18.1. The standard InChI is InChI=1S/C28H28F4N4O2/c1-35-12-19-14-36(27(37)34-23-9-21(29)8-22(30)10-23)15-20(13-35)28(19,38)18-5-2-16(3-6-18)24-7-4-17(11-33)25(31)26(24)32/h2-10,19-20,38H,11-15,33H2,1H3,(H,34,37)/t19-,20+,28-. The van der Waals surface area contributed by atoms with E-state index in [0.717, 1.165) is 18.2 Å². The van der Waals surface area contributed by atoms with Crippen molar-refractivity contribution in [2.45, 2.75) is 12.1 Å². The van der Waals surface area contributed by atoms with Crippen LogP contribution in [-0.4, -0.2) is 54.2 Å². The third-order valence-corrected chi connectivity index (χ3v) is 7.63. The van der Waals surface area contributed by atoms with Crippen LogP contribution in [0.4, 0.5) is 28.0 Å². The van der Waals surface area contributed by atoms with Crippen molar-refractivity contribution < 1.29 is 27.5 Å². The third-order valence-electron chi connectivity index (χ3n) is 7.63. The molecule has 200 valence electrons. The van der Waals surface area contributed by atoms with Crippen molar-refractivity contribution in [2.24, 2.45) is 17.6 Å². The first-order valence-electron chi connectivity index (χ1n) is 12.3. The van der Waals surface area contributed by atoms with Crippen LogP contribution in [0.3, 0.4) is 0 Å². The van der Waals surface area contributed by atoms with Crippen molar-refractivity contribution in [1.29, 1.82) is 0 Å². The van der Waals surface area contributed by atoms with Gasteiger partial charge in [-0.25, -0.2) is 22.4 Å². The number of piperidine rings is 2. The Labute approximate surface area is 217 Å². The lowest BCUT2D eigenvalue weighted by Gasteiger charge is -2.55. The average molecular weight is 529 g/mol. The molecule has 0 saturated carbocycles. The van der Waals surface area contributed by atoms with Crippen molar-refractivity contribution in [2.75, 3.05) is 38.5 Å². The van der Waals surface area contributed by atoms with Gasteiger partial charge in [-0.15, -0.1) is 0 Å². The topological polar surface area (TPSA) is 81.8 Å². The molecule has 6 nitrogen and oxygen atoms in total.